The van der Waals surface area contributed by atoms with Crippen LogP contribution >= 0.6 is 0 Å². The van der Waals surface area contributed by atoms with Crippen LogP contribution in [0.4, 0.5) is 0 Å². The summed E-state index contributed by atoms with van der Waals surface area (Å²) in [6.45, 7) is 0. The summed E-state index contributed by atoms with van der Waals surface area (Å²) in [5.41, 5.74) is 0. The fraction of sp³-hybridized carbons (Fsp3) is 0.294. The summed E-state index contributed by atoms with van der Waals surface area (Å²) in [5, 5.41) is 0. The first-order valence-corrected chi connectivity index (χ1v) is 5.02. The third-order valence-corrected chi connectivity index (χ3v) is 1.92. The Balaban J connectivity index is -0.0000000513. The molecule has 0 fully saturated rings. The predicted molar refractivity (Wildman–Crippen MR) is 84.0 cm³/mol. The van der Waals surface area contributed by atoms with Gasteiger partial charge >= 0.3 is 0 Å². The number of allylic oxidation sites excluding steroid dienone is 8. The molecule has 2 rings (SSSR count). The second-order valence-electron chi connectivity index (χ2n) is 3.10. The molecule has 1 heteroatoms. The smallest absolute Gasteiger partial charge is 0 e. The molecular formula is C17H29Co-5. The molecule has 18 heavy (non-hydrogen) atoms. The number of hydrogen-bond donors (Lipinski definition) is 0. The second kappa shape index (κ2) is 25.3. The number of hydrogen-bond acceptors (Lipinski definition) is 0. The Bertz CT molecular complexity index is 186. The van der Waals surface area contributed by atoms with Crippen LogP contribution in [-0.4, -0.2) is 0 Å². The van der Waals surface area contributed by atoms with E-state index in [1.165, 1.54) is 25.7 Å². The molecule has 0 bridgehead atoms. The Labute approximate surface area is 127 Å². The Hall–Kier alpha value is -0.534. The van der Waals surface area contributed by atoms with Crippen molar-refractivity contribution in [3.8, 4) is 0 Å². The van der Waals surface area contributed by atoms with Gasteiger partial charge in [-0.2, -0.15) is 6.08 Å². The first kappa shape index (κ1) is 30.5. The van der Waals surface area contributed by atoms with E-state index in [-0.39, 0.29) is 46.5 Å². The average Bonchev–Trinajstić information content (AvgIpc) is 2.58. The minimum atomic E-state index is 0. The molecule has 0 spiro atoms. The van der Waals surface area contributed by atoms with Crippen LogP contribution in [0.5, 0.6) is 0 Å². The van der Waals surface area contributed by atoms with Gasteiger partial charge in [0, 0.05) is 16.8 Å². The van der Waals surface area contributed by atoms with Gasteiger partial charge in [-0.3, -0.25) is 6.08 Å². The molecule has 0 aromatic heterocycles. The third kappa shape index (κ3) is 20.8. The van der Waals surface area contributed by atoms with Crippen LogP contribution in [0, 0.1) is 35.8 Å². The maximum absolute atomic E-state index is 2.99. The van der Waals surface area contributed by atoms with Gasteiger partial charge in [-0.25, -0.2) is 12.2 Å². The van der Waals surface area contributed by atoms with Crippen LogP contribution in [0.1, 0.15) is 32.1 Å². The van der Waals surface area contributed by atoms with Gasteiger partial charge in [-0.05, 0) is 25.7 Å². The van der Waals surface area contributed by atoms with Crippen LogP contribution in [0.15, 0.2) is 42.5 Å². The van der Waals surface area contributed by atoms with Crippen molar-refractivity contribution in [1.29, 1.82) is 0 Å². The van der Waals surface area contributed by atoms with E-state index >= 15 is 0 Å². The Morgan fingerprint density at radius 1 is 0.611 bits per heavy atom. The predicted octanol–water partition coefficient (Wildman–Crippen LogP) is 5.78. The zero-order valence-corrected chi connectivity index (χ0v) is 13.5. The standard InChI is InChI=1S/C8H12.C5H5.4CH3.Co/c1-2-4-6-8-7-5-3-1;1-2-4-5-3-1;;;;;/h1-2,7-8H,3-6H2;1-3H,4H2;4*1H3;/q;5*-1;/b2-1-,8-7?;;;;;;. The summed E-state index contributed by atoms with van der Waals surface area (Å²) in [6, 6.07) is 0. The Kier molecular flexibility index (Phi) is 42.9. The van der Waals surface area contributed by atoms with Crippen molar-refractivity contribution in [2.75, 3.05) is 0 Å². The van der Waals surface area contributed by atoms with Gasteiger partial charge in [0.2, 0.25) is 0 Å². The molecular weight excluding hydrogens is 263 g/mol. The van der Waals surface area contributed by atoms with Gasteiger partial charge in [-0.1, -0.05) is 24.3 Å². The monoisotopic (exact) mass is 292 g/mol. The first-order chi connectivity index (χ1) is 6.50. The van der Waals surface area contributed by atoms with E-state index in [2.05, 4.69) is 36.5 Å². The molecule has 0 N–H and O–H groups in total. The van der Waals surface area contributed by atoms with E-state index in [0.717, 1.165) is 6.42 Å². The maximum atomic E-state index is 2.99. The van der Waals surface area contributed by atoms with Gasteiger partial charge in [0.1, 0.15) is 0 Å². The van der Waals surface area contributed by atoms with Crippen molar-refractivity contribution in [3.63, 3.8) is 0 Å². The van der Waals surface area contributed by atoms with Crippen LogP contribution in [0.3, 0.4) is 0 Å². The fourth-order valence-corrected chi connectivity index (χ4v) is 1.20. The Morgan fingerprint density at radius 2 is 1.00 bits per heavy atom. The van der Waals surface area contributed by atoms with Crippen LogP contribution in [0.2, 0.25) is 0 Å². The summed E-state index contributed by atoms with van der Waals surface area (Å²) in [4.78, 5) is 0. The van der Waals surface area contributed by atoms with Crippen molar-refractivity contribution in [1.82, 2.24) is 0 Å². The van der Waals surface area contributed by atoms with E-state index in [4.69, 9.17) is 0 Å². The molecule has 0 unspecified atom stereocenters. The quantitative estimate of drug-likeness (QED) is 0.392. The van der Waals surface area contributed by atoms with E-state index in [1.54, 1.807) is 0 Å². The summed E-state index contributed by atoms with van der Waals surface area (Å²) in [6.07, 6.45) is 24.0. The van der Waals surface area contributed by atoms with E-state index < -0.39 is 0 Å². The topological polar surface area (TPSA) is 0 Å². The zero-order chi connectivity index (χ0) is 9.19. The average molecular weight is 292 g/mol. The minimum absolute atomic E-state index is 0. The molecule has 1 radical (unpaired) electrons. The van der Waals surface area contributed by atoms with Crippen molar-refractivity contribution in [2.45, 2.75) is 32.1 Å². The van der Waals surface area contributed by atoms with Crippen LogP contribution < -0.4 is 0 Å². The van der Waals surface area contributed by atoms with E-state index in [0.29, 0.717) is 0 Å². The molecule has 0 nitrogen and oxygen atoms in total. The number of rotatable bonds is 0. The van der Waals surface area contributed by atoms with Crippen LogP contribution in [-0.2, 0) is 16.8 Å². The van der Waals surface area contributed by atoms with Crippen LogP contribution in [0.25, 0.3) is 0 Å². The molecule has 2 aliphatic carbocycles. The molecule has 0 amide bonds. The third-order valence-electron chi connectivity index (χ3n) is 1.92. The van der Waals surface area contributed by atoms with Crippen molar-refractivity contribution >= 4 is 0 Å². The van der Waals surface area contributed by atoms with Gasteiger partial charge in [0.05, 0.1) is 0 Å². The molecule has 0 saturated carbocycles. The van der Waals surface area contributed by atoms with Gasteiger partial charge < -0.3 is 29.7 Å². The SMILES string of the molecule is C1=CCC/C=C\CC1.[C-]1=CC=CC1.[CH3-].[CH3-].[CH3-].[CH3-].[Co]. The largest absolute Gasteiger partial charge is 0.358 e. The van der Waals surface area contributed by atoms with Gasteiger partial charge in [0.25, 0.3) is 0 Å². The second-order valence-corrected chi connectivity index (χ2v) is 3.10. The summed E-state index contributed by atoms with van der Waals surface area (Å²) in [7, 11) is 0. The molecule has 111 valence electrons. The summed E-state index contributed by atoms with van der Waals surface area (Å²) in [5.74, 6) is 0. The minimum Gasteiger partial charge on any atom is -0.358 e. The molecule has 2 aliphatic rings. The summed E-state index contributed by atoms with van der Waals surface area (Å²) >= 11 is 0. The summed E-state index contributed by atoms with van der Waals surface area (Å²) < 4.78 is 0. The fourth-order valence-electron chi connectivity index (χ4n) is 1.20. The van der Waals surface area contributed by atoms with Crippen molar-refractivity contribution in [3.05, 3.63) is 78.3 Å². The molecule has 0 saturated heterocycles. The normalized spacial score (nSPS) is 15.6. The van der Waals surface area contributed by atoms with Crippen molar-refractivity contribution in [2.24, 2.45) is 0 Å². The molecule has 0 aromatic rings. The first-order valence-electron chi connectivity index (χ1n) is 5.02. The van der Waals surface area contributed by atoms with Gasteiger partial charge in [-0.15, -0.1) is 6.42 Å². The zero-order valence-electron chi connectivity index (χ0n) is 12.4. The van der Waals surface area contributed by atoms with Crippen molar-refractivity contribution < 1.29 is 16.8 Å². The molecule has 0 aromatic carbocycles. The van der Waals surface area contributed by atoms with E-state index in [9.17, 15) is 0 Å². The maximum Gasteiger partial charge on any atom is 0 e. The van der Waals surface area contributed by atoms with Gasteiger partial charge in [0.15, 0.2) is 0 Å². The molecule has 0 aliphatic heterocycles. The molecule has 0 atom stereocenters. The van der Waals surface area contributed by atoms with E-state index in [1.807, 2.05) is 12.2 Å². The molecule has 0 heterocycles. The Morgan fingerprint density at radius 3 is 1.17 bits per heavy atom.